The number of benzene rings is 1. The minimum absolute atomic E-state index is 0.00825. The molecule has 0 heterocycles. The van der Waals surface area contributed by atoms with Crippen LogP contribution in [0, 0.1) is 0 Å². The SMILES string of the molecule is CCOC(=O)C(CC(OC)c1c(O)ccc(C(C)=O)c1O)OC. The Labute approximate surface area is 134 Å². The molecule has 0 spiro atoms. The number of phenols is 2. The fourth-order valence-corrected chi connectivity index (χ4v) is 2.25. The summed E-state index contributed by atoms with van der Waals surface area (Å²) in [4.78, 5) is 23.4. The van der Waals surface area contributed by atoms with E-state index in [9.17, 15) is 19.8 Å². The van der Waals surface area contributed by atoms with E-state index in [1.165, 1.54) is 33.3 Å². The molecule has 7 heteroatoms. The molecule has 0 amide bonds. The summed E-state index contributed by atoms with van der Waals surface area (Å²) in [6.45, 7) is 3.17. The first-order valence-electron chi connectivity index (χ1n) is 7.15. The number of carbonyl (C=O) groups is 2. The van der Waals surface area contributed by atoms with Gasteiger partial charge in [0.25, 0.3) is 0 Å². The Bertz CT molecular complexity index is 568. The van der Waals surface area contributed by atoms with Crippen molar-refractivity contribution in [1.82, 2.24) is 0 Å². The number of carbonyl (C=O) groups excluding carboxylic acids is 2. The number of ketones is 1. The summed E-state index contributed by atoms with van der Waals surface area (Å²) < 4.78 is 15.3. The summed E-state index contributed by atoms with van der Waals surface area (Å²) in [6.07, 6.45) is -1.78. The number of methoxy groups -OCH3 is 2. The van der Waals surface area contributed by atoms with E-state index in [4.69, 9.17) is 14.2 Å². The zero-order valence-corrected chi connectivity index (χ0v) is 13.7. The third kappa shape index (κ3) is 4.43. The highest BCUT2D eigenvalue weighted by molar-refractivity contribution is 5.97. The molecule has 2 atom stereocenters. The maximum atomic E-state index is 11.8. The van der Waals surface area contributed by atoms with Crippen molar-refractivity contribution in [3.05, 3.63) is 23.3 Å². The van der Waals surface area contributed by atoms with Crippen LogP contribution in [0.25, 0.3) is 0 Å². The molecule has 0 fully saturated rings. The molecule has 0 saturated heterocycles. The van der Waals surface area contributed by atoms with Crippen LogP contribution >= 0.6 is 0 Å². The molecule has 0 aliphatic rings. The Morgan fingerprint density at radius 3 is 2.30 bits per heavy atom. The third-order valence-electron chi connectivity index (χ3n) is 3.44. The third-order valence-corrected chi connectivity index (χ3v) is 3.44. The number of hydrogen-bond donors (Lipinski definition) is 2. The average Bonchev–Trinajstić information content (AvgIpc) is 2.50. The topological polar surface area (TPSA) is 102 Å². The molecule has 0 aliphatic carbocycles. The van der Waals surface area contributed by atoms with Gasteiger partial charge in [0.2, 0.25) is 0 Å². The van der Waals surface area contributed by atoms with Crippen molar-refractivity contribution in [2.24, 2.45) is 0 Å². The van der Waals surface area contributed by atoms with Crippen molar-refractivity contribution in [3.63, 3.8) is 0 Å². The Morgan fingerprint density at radius 1 is 1.17 bits per heavy atom. The van der Waals surface area contributed by atoms with Gasteiger partial charge in [0.1, 0.15) is 11.5 Å². The van der Waals surface area contributed by atoms with Gasteiger partial charge in [0.05, 0.1) is 23.8 Å². The van der Waals surface area contributed by atoms with Crippen molar-refractivity contribution in [3.8, 4) is 11.5 Å². The van der Waals surface area contributed by atoms with Crippen LogP contribution in [0.4, 0.5) is 0 Å². The molecule has 0 radical (unpaired) electrons. The van der Waals surface area contributed by atoms with Crippen LogP contribution in [0.15, 0.2) is 12.1 Å². The Hall–Kier alpha value is -2.12. The van der Waals surface area contributed by atoms with Crippen LogP contribution in [0.5, 0.6) is 11.5 Å². The van der Waals surface area contributed by atoms with Crippen LogP contribution in [0.2, 0.25) is 0 Å². The first kappa shape index (κ1) is 18.9. The minimum atomic E-state index is -0.931. The number of hydrogen-bond acceptors (Lipinski definition) is 7. The van der Waals surface area contributed by atoms with Gasteiger partial charge in [-0.2, -0.15) is 0 Å². The second-order valence-electron chi connectivity index (χ2n) is 4.89. The van der Waals surface area contributed by atoms with Gasteiger partial charge >= 0.3 is 5.97 Å². The highest BCUT2D eigenvalue weighted by atomic mass is 16.6. The Morgan fingerprint density at radius 2 is 1.83 bits per heavy atom. The van der Waals surface area contributed by atoms with Crippen molar-refractivity contribution in [2.75, 3.05) is 20.8 Å². The normalized spacial score (nSPS) is 13.4. The van der Waals surface area contributed by atoms with Crippen LogP contribution in [-0.4, -0.2) is 48.9 Å². The highest BCUT2D eigenvalue weighted by Crippen LogP contribution is 2.39. The van der Waals surface area contributed by atoms with E-state index in [1.807, 2.05) is 0 Å². The molecule has 2 N–H and O–H groups in total. The predicted octanol–water partition coefficient (Wildman–Crippen LogP) is 1.96. The van der Waals surface area contributed by atoms with E-state index in [0.29, 0.717) is 0 Å². The molecule has 0 saturated carbocycles. The lowest BCUT2D eigenvalue weighted by atomic mass is 9.97. The number of esters is 1. The van der Waals surface area contributed by atoms with Gasteiger partial charge in [0.15, 0.2) is 11.9 Å². The Kier molecular flexibility index (Phi) is 6.99. The molecule has 23 heavy (non-hydrogen) atoms. The average molecular weight is 326 g/mol. The smallest absolute Gasteiger partial charge is 0.335 e. The van der Waals surface area contributed by atoms with Gasteiger partial charge < -0.3 is 24.4 Å². The zero-order valence-electron chi connectivity index (χ0n) is 13.7. The molecular weight excluding hydrogens is 304 g/mol. The van der Waals surface area contributed by atoms with E-state index in [-0.39, 0.29) is 41.4 Å². The quantitative estimate of drug-likeness (QED) is 0.556. The molecule has 0 aliphatic heterocycles. The highest BCUT2D eigenvalue weighted by Gasteiger charge is 2.29. The molecule has 1 aromatic rings. The molecule has 0 bridgehead atoms. The van der Waals surface area contributed by atoms with E-state index in [2.05, 4.69) is 0 Å². The standard InChI is InChI=1S/C16H22O7/c1-5-23-16(20)13(22-4)8-12(21-3)14-11(18)7-6-10(9(2)17)15(14)19/h6-7,12-13,18-19H,5,8H2,1-4H3. The fourth-order valence-electron chi connectivity index (χ4n) is 2.25. The number of Topliss-reactive ketones (excluding diaryl/α,β-unsaturated/α-hetero) is 1. The van der Waals surface area contributed by atoms with Crippen molar-refractivity contribution in [1.29, 1.82) is 0 Å². The summed E-state index contributed by atoms with van der Waals surface area (Å²) in [7, 11) is 2.71. The van der Waals surface area contributed by atoms with E-state index in [0.717, 1.165) is 0 Å². The van der Waals surface area contributed by atoms with Crippen molar-refractivity contribution in [2.45, 2.75) is 32.5 Å². The Balaban J connectivity index is 3.17. The van der Waals surface area contributed by atoms with Gasteiger partial charge in [-0.25, -0.2) is 4.79 Å². The molecule has 0 aromatic heterocycles. The second kappa shape index (κ2) is 8.50. The monoisotopic (exact) mass is 326 g/mol. The van der Waals surface area contributed by atoms with E-state index < -0.39 is 18.2 Å². The molecule has 1 aromatic carbocycles. The first-order chi connectivity index (χ1) is 10.9. The summed E-state index contributed by atoms with van der Waals surface area (Å²) >= 11 is 0. The number of aromatic hydroxyl groups is 2. The lowest BCUT2D eigenvalue weighted by molar-refractivity contribution is -0.157. The summed E-state index contributed by atoms with van der Waals surface area (Å²) in [5.74, 6) is -1.54. The summed E-state index contributed by atoms with van der Waals surface area (Å²) in [5.41, 5.74) is 0.0940. The van der Waals surface area contributed by atoms with Crippen molar-refractivity contribution >= 4 is 11.8 Å². The van der Waals surface area contributed by atoms with Crippen LogP contribution in [-0.2, 0) is 19.0 Å². The van der Waals surface area contributed by atoms with Gasteiger partial charge in [-0.15, -0.1) is 0 Å². The molecule has 1 rings (SSSR count). The lowest BCUT2D eigenvalue weighted by Gasteiger charge is -2.23. The molecule has 128 valence electrons. The maximum Gasteiger partial charge on any atom is 0.335 e. The van der Waals surface area contributed by atoms with E-state index in [1.54, 1.807) is 6.92 Å². The first-order valence-corrected chi connectivity index (χ1v) is 7.15. The molecule has 2 unspecified atom stereocenters. The predicted molar refractivity (Wildman–Crippen MR) is 81.6 cm³/mol. The number of ether oxygens (including phenoxy) is 3. The van der Waals surface area contributed by atoms with Gasteiger partial charge in [-0.05, 0) is 26.0 Å². The number of rotatable bonds is 8. The van der Waals surface area contributed by atoms with E-state index >= 15 is 0 Å². The van der Waals surface area contributed by atoms with Crippen LogP contribution < -0.4 is 0 Å². The maximum absolute atomic E-state index is 11.8. The van der Waals surface area contributed by atoms with Crippen LogP contribution in [0.1, 0.15) is 42.3 Å². The van der Waals surface area contributed by atoms with Gasteiger partial charge in [0, 0.05) is 20.6 Å². The largest absolute Gasteiger partial charge is 0.507 e. The van der Waals surface area contributed by atoms with Gasteiger partial charge in [-0.3, -0.25) is 4.79 Å². The summed E-state index contributed by atoms with van der Waals surface area (Å²) in [5, 5.41) is 20.3. The zero-order chi connectivity index (χ0) is 17.6. The van der Waals surface area contributed by atoms with Crippen LogP contribution in [0.3, 0.4) is 0 Å². The molecular formula is C16H22O7. The molecule has 7 nitrogen and oxygen atoms in total. The number of phenolic OH excluding ortho intramolecular Hbond substituents is 2. The minimum Gasteiger partial charge on any atom is -0.507 e. The second-order valence-corrected chi connectivity index (χ2v) is 4.89. The van der Waals surface area contributed by atoms with Gasteiger partial charge in [-0.1, -0.05) is 0 Å². The lowest BCUT2D eigenvalue weighted by Crippen LogP contribution is -2.28. The van der Waals surface area contributed by atoms with Crippen molar-refractivity contribution < 1.29 is 34.0 Å². The summed E-state index contributed by atoms with van der Waals surface area (Å²) in [6, 6.07) is 2.62. The fraction of sp³-hybridized carbons (Fsp3) is 0.500.